The predicted octanol–water partition coefficient (Wildman–Crippen LogP) is 7.73. The van der Waals surface area contributed by atoms with E-state index in [1.807, 2.05) is 19.9 Å². The maximum Gasteiger partial charge on any atom is 0.301 e. The summed E-state index contributed by atoms with van der Waals surface area (Å²) in [5.74, 6) is -0.0683. The summed E-state index contributed by atoms with van der Waals surface area (Å²) in [6.45, 7) is 7.01. The van der Waals surface area contributed by atoms with Crippen molar-refractivity contribution in [3.8, 4) is 11.5 Å². The van der Waals surface area contributed by atoms with Gasteiger partial charge in [0.2, 0.25) is 5.13 Å². The summed E-state index contributed by atoms with van der Waals surface area (Å²) in [4.78, 5) is 28.6. The van der Waals surface area contributed by atoms with Crippen LogP contribution in [0.25, 0.3) is 5.76 Å². The summed E-state index contributed by atoms with van der Waals surface area (Å²) in [5, 5.41) is 20.3. The topological polar surface area (TPSA) is 102 Å². The third-order valence-corrected chi connectivity index (χ3v) is 9.29. The molecule has 1 aliphatic rings. The summed E-state index contributed by atoms with van der Waals surface area (Å²) in [6.07, 6.45) is 3.06. The normalized spacial score (nSPS) is 16.0. The van der Waals surface area contributed by atoms with E-state index in [9.17, 15) is 14.7 Å². The van der Waals surface area contributed by atoms with E-state index in [1.165, 1.54) is 33.6 Å². The number of aliphatic hydroxyl groups excluding tert-OH is 1. The lowest BCUT2D eigenvalue weighted by Gasteiger charge is -2.23. The summed E-state index contributed by atoms with van der Waals surface area (Å²) in [7, 11) is 0. The molecule has 1 fully saturated rings. The fourth-order valence-corrected chi connectivity index (χ4v) is 6.72. The number of nitrogens with zero attached hydrogens (tertiary/aromatic N) is 3. The third-order valence-electron chi connectivity index (χ3n) is 7.17. The molecule has 0 bridgehead atoms. The Bertz CT molecular complexity index is 1640. The molecule has 0 aliphatic carbocycles. The van der Waals surface area contributed by atoms with Crippen molar-refractivity contribution in [2.75, 3.05) is 18.1 Å². The van der Waals surface area contributed by atoms with Crippen LogP contribution in [0.15, 0.2) is 82.7 Å². The lowest BCUT2D eigenvalue weighted by atomic mass is 9.95. The molecular weight excluding hydrogens is 595 g/mol. The average molecular weight is 630 g/mol. The van der Waals surface area contributed by atoms with Crippen molar-refractivity contribution >= 4 is 45.7 Å². The van der Waals surface area contributed by atoms with Crippen molar-refractivity contribution in [3.63, 3.8) is 0 Å². The Labute approximate surface area is 265 Å². The molecule has 2 heterocycles. The lowest BCUT2D eigenvalue weighted by Crippen LogP contribution is -2.29. The van der Waals surface area contributed by atoms with Gasteiger partial charge in [0.25, 0.3) is 5.78 Å². The molecule has 228 valence electrons. The minimum absolute atomic E-state index is 0.0238. The second kappa shape index (κ2) is 14.5. The van der Waals surface area contributed by atoms with Crippen molar-refractivity contribution in [2.45, 2.75) is 56.2 Å². The van der Waals surface area contributed by atoms with Crippen LogP contribution in [-0.4, -0.2) is 40.2 Å². The van der Waals surface area contributed by atoms with Gasteiger partial charge in [-0.1, -0.05) is 109 Å². The Morgan fingerprint density at radius 3 is 2.45 bits per heavy atom. The van der Waals surface area contributed by atoms with Crippen LogP contribution in [0.5, 0.6) is 11.5 Å². The third kappa shape index (κ3) is 6.97. The Hall–Kier alpha value is -4.15. The average Bonchev–Trinajstić information content (AvgIpc) is 3.61. The van der Waals surface area contributed by atoms with Crippen molar-refractivity contribution in [2.24, 2.45) is 0 Å². The first-order valence-electron chi connectivity index (χ1n) is 14.7. The molecule has 1 atom stereocenters. The highest BCUT2D eigenvalue weighted by molar-refractivity contribution is 8.00. The van der Waals surface area contributed by atoms with Crippen LogP contribution in [0, 0.1) is 6.92 Å². The van der Waals surface area contributed by atoms with Gasteiger partial charge < -0.3 is 14.6 Å². The first-order chi connectivity index (χ1) is 21.4. The standard InChI is InChI=1S/C34H35N3O5S2/c1-4-6-10-19-42-26-18-17-25(20-27(26)41-5-2)29-28(30(38)24-11-8-7-9-12-24)31(39)32(40)37(29)33-35-36-34(44-33)43-21-23-15-13-22(3)14-16-23/h7-9,11-18,20,29,38H,4-6,10,19,21H2,1-3H3/b30-28+. The number of ketones is 1. The van der Waals surface area contributed by atoms with E-state index in [2.05, 4.69) is 41.4 Å². The van der Waals surface area contributed by atoms with E-state index in [-0.39, 0.29) is 16.5 Å². The fourth-order valence-electron chi connectivity index (χ4n) is 4.90. The molecule has 44 heavy (non-hydrogen) atoms. The predicted molar refractivity (Wildman–Crippen MR) is 175 cm³/mol. The number of unbranched alkanes of at least 4 members (excludes halogenated alkanes) is 2. The van der Waals surface area contributed by atoms with Crippen LogP contribution in [0.2, 0.25) is 0 Å². The fraction of sp³-hybridized carbons (Fsp3) is 0.294. The number of carbonyl (C=O) groups excluding carboxylic acids is 2. The van der Waals surface area contributed by atoms with Gasteiger partial charge in [0.1, 0.15) is 5.76 Å². The molecule has 0 saturated carbocycles. The van der Waals surface area contributed by atoms with Crippen LogP contribution in [0.3, 0.4) is 0 Å². The maximum absolute atomic E-state index is 13.6. The minimum Gasteiger partial charge on any atom is -0.507 e. The maximum atomic E-state index is 13.6. The summed E-state index contributed by atoms with van der Waals surface area (Å²) >= 11 is 2.74. The van der Waals surface area contributed by atoms with Crippen LogP contribution >= 0.6 is 23.1 Å². The Balaban J connectivity index is 1.53. The number of anilines is 1. The number of aryl methyl sites for hydroxylation is 1. The highest BCUT2D eigenvalue weighted by Crippen LogP contribution is 2.45. The van der Waals surface area contributed by atoms with Crippen LogP contribution < -0.4 is 14.4 Å². The number of thioether (sulfide) groups is 1. The number of ether oxygens (including phenoxy) is 2. The van der Waals surface area contributed by atoms with E-state index in [1.54, 1.807) is 42.5 Å². The number of carbonyl (C=O) groups is 2. The van der Waals surface area contributed by atoms with E-state index < -0.39 is 17.7 Å². The molecule has 8 nitrogen and oxygen atoms in total. The molecule has 0 spiro atoms. The van der Waals surface area contributed by atoms with E-state index in [0.717, 1.165) is 24.8 Å². The molecule has 3 aromatic carbocycles. The number of benzene rings is 3. The SMILES string of the molecule is CCCCCOc1ccc(C2/C(=C(\O)c3ccccc3)C(=O)C(=O)N2c2nnc(SCc3ccc(C)cc3)s2)cc1OCC. The van der Waals surface area contributed by atoms with E-state index in [4.69, 9.17) is 9.47 Å². The van der Waals surface area contributed by atoms with E-state index >= 15 is 0 Å². The number of aliphatic hydroxyl groups is 1. The van der Waals surface area contributed by atoms with Gasteiger partial charge in [-0.25, -0.2) is 0 Å². The zero-order chi connectivity index (χ0) is 31.1. The van der Waals surface area contributed by atoms with Gasteiger partial charge in [0.05, 0.1) is 24.8 Å². The number of amides is 1. The summed E-state index contributed by atoms with van der Waals surface area (Å²) in [6, 6.07) is 21.4. The van der Waals surface area contributed by atoms with Gasteiger partial charge >= 0.3 is 5.91 Å². The molecule has 5 rings (SSSR count). The minimum atomic E-state index is -0.952. The molecule has 1 N–H and O–H groups in total. The second-order valence-electron chi connectivity index (χ2n) is 10.4. The summed E-state index contributed by atoms with van der Waals surface area (Å²) in [5.41, 5.74) is 3.31. The van der Waals surface area contributed by atoms with Gasteiger partial charge in [0.15, 0.2) is 15.8 Å². The molecule has 10 heteroatoms. The zero-order valence-electron chi connectivity index (χ0n) is 25.0. The van der Waals surface area contributed by atoms with Crippen molar-refractivity contribution in [1.82, 2.24) is 10.2 Å². The van der Waals surface area contributed by atoms with Crippen LogP contribution in [0.1, 0.15) is 61.4 Å². The molecule has 4 aromatic rings. The Morgan fingerprint density at radius 1 is 0.955 bits per heavy atom. The largest absolute Gasteiger partial charge is 0.507 e. The molecular formula is C34H35N3O5S2. The number of hydrogen-bond donors (Lipinski definition) is 1. The molecule has 0 radical (unpaired) electrons. The number of rotatable bonds is 13. The van der Waals surface area contributed by atoms with Crippen molar-refractivity contribution < 1.29 is 24.2 Å². The molecule has 1 aliphatic heterocycles. The molecule has 1 unspecified atom stereocenters. The lowest BCUT2D eigenvalue weighted by molar-refractivity contribution is -0.132. The second-order valence-corrected chi connectivity index (χ2v) is 12.5. The number of Topliss-reactive ketones (excluding diaryl/α,β-unsaturated/α-hetero) is 1. The summed E-state index contributed by atoms with van der Waals surface area (Å²) < 4.78 is 12.6. The molecule has 1 saturated heterocycles. The van der Waals surface area contributed by atoms with Crippen LogP contribution in [-0.2, 0) is 15.3 Å². The zero-order valence-corrected chi connectivity index (χ0v) is 26.6. The van der Waals surface area contributed by atoms with Crippen LogP contribution in [0.4, 0.5) is 5.13 Å². The smallest absolute Gasteiger partial charge is 0.301 e. The number of aromatic nitrogens is 2. The molecule has 1 aromatic heterocycles. The Kier molecular flexibility index (Phi) is 10.3. The Morgan fingerprint density at radius 2 is 1.73 bits per heavy atom. The van der Waals surface area contributed by atoms with Crippen molar-refractivity contribution in [3.05, 3.63) is 101 Å². The number of hydrogen-bond acceptors (Lipinski definition) is 9. The van der Waals surface area contributed by atoms with Gasteiger partial charge in [-0.3, -0.25) is 14.5 Å². The molecule has 1 amide bonds. The first-order valence-corrected chi connectivity index (χ1v) is 16.5. The quantitative estimate of drug-likeness (QED) is 0.0400. The van der Waals surface area contributed by atoms with Gasteiger partial charge in [-0.05, 0) is 43.5 Å². The van der Waals surface area contributed by atoms with Gasteiger partial charge in [-0.2, -0.15) is 0 Å². The van der Waals surface area contributed by atoms with Gasteiger partial charge in [-0.15, -0.1) is 10.2 Å². The highest BCUT2D eigenvalue weighted by atomic mass is 32.2. The monoisotopic (exact) mass is 629 g/mol. The highest BCUT2D eigenvalue weighted by Gasteiger charge is 2.48. The van der Waals surface area contributed by atoms with Gasteiger partial charge in [0, 0.05) is 11.3 Å². The van der Waals surface area contributed by atoms with Crippen molar-refractivity contribution in [1.29, 1.82) is 0 Å². The van der Waals surface area contributed by atoms with E-state index in [0.29, 0.717) is 45.9 Å². The first kappa shape index (κ1) is 31.3.